The van der Waals surface area contributed by atoms with Crippen LogP contribution in [0.25, 0.3) is 0 Å². The van der Waals surface area contributed by atoms with E-state index in [9.17, 15) is 4.79 Å². The molecule has 26 heavy (non-hydrogen) atoms. The van der Waals surface area contributed by atoms with E-state index in [1.165, 1.54) is 10.6 Å². The van der Waals surface area contributed by atoms with Crippen molar-refractivity contribution in [1.29, 1.82) is 0 Å². The first kappa shape index (κ1) is 20.2. The summed E-state index contributed by atoms with van der Waals surface area (Å²) in [4.78, 5) is 11.3. The number of carbonyl (C=O) groups is 1. The fourth-order valence-corrected chi connectivity index (χ4v) is 4.40. The Morgan fingerprint density at radius 1 is 0.885 bits per heavy atom. The van der Waals surface area contributed by atoms with Crippen LogP contribution in [0, 0.1) is 11.6 Å². The Morgan fingerprint density at radius 3 is 2.04 bits per heavy atom. The molecule has 0 fully saturated rings. The smallest absolute Gasteiger partial charge is 0.305 e. The van der Waals surface area contributed by atoms with E-state index >= 15 is 0 Å². The van der Waals surface area contributed by atoms with E-state index in [4.69, 9.17) is 4.74 Å². The lowest BCUT2D eigenvalue weighted by Crippen LogP contribution is -2.09. The monoisotopic (exact) mass is 366 g/mol. The van der Waals surface area contributed by atoms with E-state index in [1.54, 1.807) is 0 Å². The van der Waals surface area contributed by atoms with Gasteiger partial charge in [0.1, 0.15) is 0 Å². The molecular weight excluding hydrogens is 339 g/mol. The van der Waals surface area contributed by atoms with Crippen LogP contribution in [-0.4, -0.2) is 12.6 Å². The van der Waals surface area contributed by atoms with Gasteiger partial charge in [-0.2, -0.15) is 0 Å². The second-order valence-corrected chi connectivity index (χ2v) is 7.94. The minimum atomic E-state index is -0.614. The highest BCUT2D eigenvalue weighted by Crippen LogP contribution is 2.31. The molecule has 0 amide bonds. The minimum Gasteiger partial charge on any atom is -0.466 e. The van der Waals surface area contributed by atoms with Crippen molar-refractivity contribution >= 4 is 24.5 Å². The maximum absolute atomic E-state index is 11.3. The summed E-state index contributed by atoms with van der Waals surface area (Å²) in [7, 11) is -0.614. The molecule has 0 spiro atoms. The Morgan fingerprint density at radius 2 is 1.46 bits per heavy atom. The van der Waals surface area contributed by atoms with Crippen molar-refractivity contribution in [1.82, 2.24) is 0 Å². The minimum absolute atomic E-state index is 0.0799. The maximum Gasteiger partial charge on any atom is 0.305 e. The lowest BCUT2D eigenvalue weighted by atomic mass is 10.1. The maximum atomic E-state index is 11.3. The quantitative estimate of drug-likeness (QED) is 0.271. The summed E-state index contributed by atoms with van der Waals surface area (Å²) < 4.78 is 4.94. The Labute approximate surface area is 158 Å². The highest BCUT2D eigenvalue weighted by atomic mass is 31.1. The molecule has 2 rings (SSSR count). The molecule has 0 saturated carbocycles. The number of ether oxygens (including phenoxy) is 1. The molecule has 2 nitrogen and oxygen atoms in total. The Hall–Kier alpha value is -2.10. The van der Waals surface area contributed by atoms with Crippen molar-refractivity contribution in [2.75, 3.05) is 6.61 Å². The lowest BCUT2D eigenvalue weighted by Gasteiger charge is -2.11. The number of benzene rings is 2. The second-order valence-electron chi connectivity index (χ2n) is 6.01. The van der Waals surface area contributed by atoms with E-state index in [0.717, 1.165) is 32.1 Å². The van der Waals surface area contributed by atoms with Gasteiger partial charge in [0.05, 0.1) is 6.61 Å². The third-order valence-electron chi connectivity index (χ3n) is 3.96. The average molecular weight is 366 g/mol. The van der Waals surface area contributed by atoms with Crippen LogP contribution in [0.4, 0.5) is 0 Å². The van der Waals surface area contributed by atoms with Crippen LogP contribution in [0.15, 0.2) is 60.7 Å². The SMILES string of the molecule is CCOC(=O)CCCCCCC#CP(c1ccccc1)c1ccccc1. The first-order chi connectivity index (χ1) is 12.8. The third kappa shape index (κ3) is 7.42. The van der Waals surface area contributed by atoms with Gasteiger partial charge >= 0.3 is 5.97 Å². The summed E-state index contributed by atoms with van der Waals surface area (Å²) in [6, 6.07) is 21.1. The molecule has 0 bridgehead atoms. The lowest BCUT2D eigenvalue weighted by molar-refractivity contribution is -0.143. The summed E-state index contributed by atoms with van der Waals surface area (Å²) >= 11 is 0. The highest BCUT2D eigenvalue weighted by Gasteiger charge is 2.09. The predicted octanol–water partition coefficient (Wildman–Crippen LogP) is 4.98. The summed E-state index contributed by atoms with van der Waals surface area (Å²) in [5, 5.41) is 2.60. The number of unbranched alkanes of at least 4 members (excludes halogenated alkanes) is 4. The molecule has 2 aromatic carbocycles. The molecule has 136 valence electrons. The molecule has 0 radical (unpaired) electrons. The molecule has 0 N–H and O–H groups in total. The van der Waals surface area contributed by atoms with Crippen molar-refractivity contribution in [2.24, 2.45) is 0 Å². The van der Waals surface area contributed by atoms with Crippen molar-refractivity contribution < 1.29 is 9.53 Å². The van der Waals surface area contributed by atoms with Gasteiger partial charge in [0.2, 0.25) is 0 Å². The fraction of sp³-hybridized carbons (Fsp3) is 0.348. The van der Waals surface area contributed by atoms with Crippen molar-refractivity contribution in [3.63, 3.8) is 0 Å². The van der Waals surface area contributed by atoms with Crippen LogP contribution in [0.3, 0.4) is 0 Å². The first-order valence-corrected chi connectivity index (χ1v) is 10.7. The molecule has 0 aliphatic rings. The summed E-state index contributed by atoms with van der Waals surface area (Å²) in [5.41, 5.74) is 3.52. The first-order valence-electron chi connectivity index (χ1n) is 9.35. The van der Waals surface area contributed by atoms with Crippen molar-refractivity contribution in [2.45, 2.75) is 45.4 Å². The zero-order chi connectivity index (χ0) is 18.5. The molecule has 2 aromatic rings. The van der Waals surface area contributed by atoms with Crippen LogP contribution < -0.4 is 10.6 Å². The molecule has 0 aromatic heterocycles. The summed E-state index contributed by atoms with van der Waals surface area (Å²) in [5.74, 6) is 3.31. The molecule has 0 atom stereocenters. The Balaban J connectivity index is 1.80. The van der Waals surface area contributed by atoms with Gasteiger partial charge in [0, 0.05) is 20.8 Å². The standard InChI is InChI=1S/C23H27O2P/c1-2-25-23(24)19-13-5-3-4-6-14-20-26(21-15-9-7-10-16-21)22-17-11-8-12-18-22/h7-12,15-18H,2-6,13,19H2,1H3. The van der Waals surface area contributed by atoms with E-state index in [-0.39, 0.29) is 5.97 Å². The van der Waals surface area contributed by atoms with Gasteiger partial charge in [-0.25, -0.2) is 0 Å². The number of rotatable bonds is 9. The topological polar surface area (TPSA) is 26.3 Å². The van der Waals surface area contributed by atoms with E-state index in [1.807, 2.05) is 19.1 Å². The largest absolute Gasteiger partial charge is 0.466 e. The van der Waals surface area contributed by atoms with Gasteiger partial charge in [0.25, 0.3) is 0 Å². The van der Waals surface area contributed by atoms with Crippen LogP contribution in [0.1, 0.15) is 45.4 Å². The van der Waals surface area contributed by atoms with E-state index in [2.05, 4.69) is 60.1 Å². The number of hydrogen-bond donors (Lipinski definition) is 0. The molecule has 0 unspecified atom stereocenters. The number of esters is 1. The average Bonchev–Trinajstić information content (AvgIpc) is 2.68. The zero-order valence-corrected chi connectivity index (χ0v) is 16.4. The molecule has 3 heteroatoms. The Bertz CT molecular complexity index is 662. The molecule has 0 aliphatic carbocycles. The van der Waals surface area contributed by atoms with Crippen LogP contribution in [0.5, 0.6) is 0 Å². The Kier molecular flexibility index (Phi) is 9.55. The molecular formula is C23H27O2P. The van der Waals surface area contributed by atoms with Crippen LogP contribution in [0.2, 0.25) is 0 Å². The van der Waals surface area contributed by atoms with Gasteiger partial charge in [-0.05, 0) is 30.4 Å². The van der Waals surface area contributed by atoms with Crippen molar-refractivity contribution in [3.8, 4) is 11.6 Å². The predicted molar refractivity (Wildman–Crippen MR) is 111 cm³/mol. The molecule has 0 aliphatic heterocycles. The van der Waals surface area contributed by atoms with Gasteiger partial charge < -0.3 is 4.74 Å². The highest BCUT2D eigenvalue weighted by molar-refractivity contribution is 7.77. The van der Waals surface area contributed by atoms with E-state index in [0.29, 0.717) is 13.0 Å². The molecule has 0 heterocycles. The van der Waals surface area contributed by atoms with Crippen LogP contribution in [-0.2, 0) is 9.53 Å². The second kappa shape index (κ2) is 12.3. The number of carbonyl (C=O) groups excluding carboxylic acids is 1. The molecule has 0 saturated heterocycles. The zero-order valence-electron chi connectivity index (χ0n) is 15.5. The van der Waals surface area contributed by atoms with Gasteiger partial charge in [-0.1, -0.05) is 85.1 Å². The summed E-state index contributed by atoms with van der Waals surface area (Å²) in [6.07, 6.45) is 5.62. The third-order valence-corrected chi connectivity index (χ3v) is 5.97. The fourth-order valence-electron chi connectivity index (χ4n) is 2.64. The van der Waals surface area contributed by atoms with Gasteiger partial charge in [-0.15, -0.1) is 0 Å². The number of hydrogen-bond acceptors (Lipinski definition) is 2. The summed E-state index contributed by atoms with van der Waals surface area (Å²) in [6.45, 7) is 2.32. The van der Waals surface area contributed by atoms with Crippen molar-refractivity contribution in [3.05, 3.63) is 60.7 Å². The van der Waals surface area contributed by atoms with Gasteiger partial charge in [-0.3, -0.25) is 4.79 Å². The normalized spacial score (nSPS) is 10.2. The van der Waals surface area contributed by atoms with Crippen LogP contribution >= 0.6 is 7.92 Å². The van der Waals surface area contributed by atoms with E-state index < -0.39 is 7.92 Å². The van der Waals surface area contributed by atoms with Gasteiger partial charge in [0.15, 0.2) is 0 Å².